The van der Waals surface area contributed by atoms with E-state index in [1.165, 1.54) is 0 Å². The fourth-order valence-electron chi connectivity index (χ4n) is 2.71. The molecule has 2 aliphatic heterocycles. The van der Waals surface area contributed by atoms with Crippen LogP contribution in [0.15, 0.2) is 12.4 Å². The summed E-state index contributed by atoms with van der Waals surface area (Å²) in [6.07, 6.45) is 5.51. The predicted molar refractivity (Wildman–Crippen MR) is 74.0 cm³/mol. The minimum atomic E-state index is -0.220. The number of ether oxygens (including phenoxy) is 1. The van der Waals surface area contributed by atoms with Crippen LogP contribution in [0.5, 0.6) is 0 Å². The number of hydrogen-bond acceptors (Lipinski definition) is 4. The van der Waals surface area contributed by atoms with Gasteiger partial charge in [-0.3, -0.25) is 9.48 Å². The lowest BCUT2D eigenvalue weighted by atomic mass is 10.1. The number of thioether (sulfide) groups is 1. The van der Waals surface area contributed by atoms with Crippen molar-refractivity contribution in [2.75, 3.05) is 24.7 Å². The molecular formula is C13H19N3O2S. The van der Waals surface area contributed by atoms with Crippen molar-refractivity contribution < 1.29 is 9.53 Å². The predicted octanol–water partition coefficient (Wildman–Crippen LogP) is 1.22. The van der Waals surface area contributed by atoms with E-state index in [2.05, 4.69) is 5.10 Å². The van der Waals surface area contributed by atoms with Gasteiger partial charge in [0, 0.05) is 43.5 Å². The Morgan fingerprint density at radius 2 is 2.47 bits per heavy atom. The van der Waals surface area contributed by atoms with Crippen LogP contribution in [0.1, 0.15) is 24.4 Å². The van der Waals surface area contributed by atoms with Crippen molar-refractivity contribution in [3.05, 3.63) is 18.0 Å². The van der Waals surface area contributed by atoms with Crippen LogP contribution in [-0.2, 0) is 16.6 Å². The van der Waals surface area contributed by atoms with E-state index in [0.29, 0.717) is 0 Å². The Kier molecular flexibility index (Phi) is 3.79. The molecule has 0 bridgehead atoms. The summed E-state index contributed by atoms with van der Waals surface area (Å²) in [5.41, 5.74) is 1.13. The smallest absolute Gasteiger partial charge is 0.252 e. The highest BCUT2D eigenvalue weighted by atomic mass is 32.2. The maximum Gasteiger partial charge on any atom is 0.252 e. The summed E-state index contributed by atoms with van der Waals surface area (Å²) in [6.45, 7) is 1.53. The normalized spacial score (nSPS) is 27.7. The Bertz CT molecular complexity index is 456. The Hall–Kier alpha value is -1.01. The monoisotopic (exact) mass is 281 g/mol. The van der Waals surface area contributed by atoms with Crippen molar-refractivity contribution in [3.8, 4) is 0 Å². The second-order valence-corrected chi connectivity index (χ2v) is 6.22. The molecule has 1 aromatic heterocycles. The van der Waals surface area contributed by atoms with E-state index in [1.54, 1.807) is 4.68 Å². The lowest BCUT2D eigenvalue weighted by molar-refractivity contribution is -0.143. The van der Waals surface area contributed by atoms with Gasteiger partial charge in [0.1, 0.15) is 6.10 Å². The van der Waals surface area contributed by atoms with E-state index < -0.39 is 0 Å². The molecule has 2 saturated heterocycles. The van der Waals surface area contributed by atoms with Gasteiger partial charge < -0.3 is 9.64 Å². The molecule has 0 spiro atoms. The Morgan fingerprint density at radius 3 is 3.16 bits per heavy atom. The van der Waals surface area contributed by atoms with Crippen LogP contribution in [0.3, 0.4) is 0 Å². The molecule has 0 aromatic carbocycles. The molecule has 2 fully saturated rings. The highest BCUT2D eigenvalue weighted by Crippen LogP contribution is 2.31. The van der Waals surface area contributed by atoms with Crippen molar-refractivity contribution in [2.24, 2.45) is 7.05 Å². The third-order valence-corrected chi connectivity index (χ3v) is 4.75. The standard InChI is InChI=1S/C13H19N3O2S/c1-15-8-10(7-14-15)11-9-19-6-4-16(11)13(17)12-3-2-5-18-12/h7-8,11-12H,2-6,9H2,1H3/t11-,12-/m0/s1. The highest BCUT2D eigenvalue weighted by Gasteiger charge is 2.35. The van der Waals surface area contributed by atoms with Crippen molar-refractivity contribution in [3.63, 3.8) is 0 Å². The first-order chi connectivity index (χ1) is 9.25. The van der Waals surface area contributed by atoms with Gasteiger partial charge in [-0.15, -0.1) is 0 Å². The van der Waals surface area contributed by atoms with Gasteiger partial charge in [-0.25, -0.2) is 0 Å². The number of nitrogens with zero attached hydrogens (tertiary/aromatic N) is 3. The van der Waals surface area contributed by atoms with E-state index >= 15 is 0 Å². The fraction of sp³-hybridized carbons (Fsp3) is 0.692. The second-order valence-electron chi connectivity index (χ2n) is 5.07. The van der Waals surface area contributed by atoms with Gasteiger partial charge in [0.2, 0.25) is 0 Å². The number of carbonyl (C=O) groups is 1. The topological polar surface area (TPSA) is 47.4 Å². The summed E-state index contributed by atoms with van der Waals surface area (Å²) >= 11 is 1.90. The van der Waals surface area contributed by atoms with Crippen LogP contribution in [0.2, 0.25) is 0 Å². The molecule has 3 rings (SSSR count). The Morgan fingerprint density at radius 1 is 1.58 bits per heavy atom. The molecule has 1 amide bonds. The molecule has 6 heteroatoms. The summed E-state index contributed by atoms with van der Waals surface area (Å²) in [7, 11) is 1.91. The molecule has 2 atom stereocenters. The number of carbonyl (C=O) groups excluding carboxylic acids is 1. The molecule has 104 valence electrons. The average molecular weight is 281 g/mol. The zero-order valence-corrected chi connectivity index (χ0v) is 11.9. The minimum Gasteiger partial charge on any atom is -0.368 e. The molecule has 3 heterocycles. The first-order valence-electron chi connectivity index (χ1n) is 6.74. The van der Waals surface area contributed by atoms with Crippen LogP contribution in [0.25, 0.3) is 0 Å². The number of amides is 1. The molecule has 0 aliphatic carbocycles. The van der Waals surface area contributed by atoms with E-state index in [-0.39, 0.29) is 18.1 Å². The fourth-order valence-corrected chi connectivity index (χ4v) is 3.80. The van der Waals surface area contributed by atoms with Crippen LogP contribution in [0.4, 0.5) is 0 Å². The second kappa shape index (κ2) is 5.54. The number of hydrogen-bond donors (Lipinski definition) is 0. The van der Waals surface area contributed by atoms with Gasteiger partial charge in [0.25, 0.3) is 5.91 Å². The molecule has 2 aliphatic rings. The highest BCUT2D eigenvalue weighted by molar-refractivity contribution is 7.99. The largest absolute Gasteiger partial charge is 0.368 e. The van der Waals surface area contributed by atoms with Crippen LogP contribution in [-0.4, -0.2) is 51.3 Å². The molecular weight excluding hydrogens is 262 g/mol. The Labute approximate surface area is 117 Å². The van der Waals surface area contributed by atoms with E-state index in [9.17, 15) is 4.79 Å². The molecule has 5 nitrogen and oxygen atoms in total. The summed E-state index contributed by atoms with van der Waals surface area (Å²) in [5.74, 6) is 2.12. The Balaban J connectivity index is 1.78. The quantitative estimate of drug-likeness (QED) is 0.817. The number of aryl methyl sites for hydroxylation is 1. The van der Waals surface area contributed by atoms with Gasteiger partial charge >= 0.3 is 0 Å². The average Bonchev–Trinajstić information content (AvgIpc) is 3.09. The molecule has 0 radical (unpaired) electrons. The SMILES string of the molecule is Cn1cc([C@@H]2CSCCN2C(=O)[C@@H]2CCCO2)cn1. The molecule has 1 aromatic rings. The molecule has 0 N–H and O–H groups in total. The lowest BCUT2D eigenvalue weighted by Gasteiger charge is -2.36. The first kappa shape index (κ1) is 13.0. The zero-order valence-electron chi connectivity index (χ0n) is 11.1. The summed E-state index contributed by atoms with van der Waals surface area (Å²) in [6, 6.07) is 0.143. The van der Waals surface area contributed by atoms with Crippen molar-refractivity contribution in [2.45, 2.75) is 25.0 Å². The van der Waals surface area contributed by atoms with Gasteiger partial charge in [-0.2, -0.15) is 16.9 Å². The first-order valence-corrected chi connectivity index (χ1v) is 7.89. The van der Waals surface area contributed by atoms with E-state index in [1.807, 2.05) is 36.1 Å². The number of aromatic nitrogens is 2. The van der Waals surface area contributed by atoms with Gasteiger partial charge in [0.05, 0.1) is 12.2 Å². The van der Waals surface area contributed by atoms with Crippen molar-refractivity contribution >= 4 is 17.7 Å². The van der Waals surface area contributed by atoms with Gasteiger partial charge in [-0.1, -0.05) is 0 Å². The summed E-state index contributed by atoms with van der Waals surface area (Å²) in [4.78, 5) is 14.5. The maximum absolute atomic E-state index is 12.6. The van der Waals surface area contributed by atoms with E-state index in [0.717, 1.165) is 43.1 Å². The maximum atomic E-state index is 12.6. The molecule has 0 unspecified atom stereocenters. The van der Waals surface area contributed by atoms with Crippen molar-refractivity contribution in [1.82, 2.24) is 14.7 Å². The zero-order chi connectivity index (χ0) is 13.2. The van der Waals surface area contributed by atoms with Gasteiger partial charge in [-0.05, 0) is 12.8 Å². The van der Waals surface area contributed by atoms with Crippen molar-refractivity contribution in [1.29, 1.82) is 0 Å². The summed E-state index contributed by atoms with van der Waals surface area (Å²) in [5, 5.41) is 4.22. The summed E-state index contributed by atoms with van der Waals surface area (Å²) < 4.78 is 7.33. The molecule has 0 saturated carbocycles. The number of rotatable bonds is 2. The molecule has 19 heavy (non-hydrogen) atoms. The van der Waals surface area contributed by atoms with Crippen LogP contribution < -0.4 is 0 Å². The minimum absolute atomic E-state index is 0.143. The third-order valence-electron chi connectivity index (χ3n) is 3.73. The third kappa shape index (κ3) is 2.65. The van der Waals surface area contributed by atoms with Gasteiger partial charge in [0.15, 0.2) is 0 Å². The van der Waals surface area contributed by atoms with E-state index in [4.69, 9.17) is 4.74 Å². The van der Waals surface area contributed by atoms with Crippen LogP contribution >= 0.6 is 11.8 Å². The van der Waals surface area contributed by atoms with Crippen LogP contribution in [0, 0.1) is 0 Å². The lowest BCUT2D eigenvalue weighted by Crippen LogP contribution is -2.45.